The van der Waals surface area contributed by atoms with E-state index in [0.29, 0.717) is 12.2 Å². The molecule has 0 fully saturated rings. The van der Waals surface area contributed by atoms with Crippen molar-refractivity contribution in [3.63, 3.8) is 0 Å². The highest BCUT2D eigenvalue weighted by atomic mass is 16.5. The SMILES string of the molecule is CCc1onc(C(=O)NCCC(C)(CC)N(C)C)c1C. The van der Waals surface area contributed by atoms with Crippen molar-refractivity contribution < 1.29 is 9.32 Å². The number of nitrogens with zero attached hydrogens (tertiary/aromatic N) is 2. The number of carbonyl (C=O) groups is 1. The van der Waals surface area contributed by atoms with E-state index in [1.807, 2.05) is 13.8 Å². The van der Waals surface area contributed by atoms with Crippen LogP contribution in [0.4, 0.5) is 0 Å². The van der Waals surface area contributed by atoms with Gasteiger partial charge in [0.2, 0.25) is 0 Å². The summed E-state index contributed by atoms with van der Waals surface area (Å²) < 4.78 is 5.15. The highest BCUT2D eigenvalue weighted by molar-refractivity contribution is 5.93. The number of amides is 1. The summed E-state index contributed by atoms with van der Waals surface area (Å²) in [6, 6.07) is 0. The Balaban J connectivity index is 2.58. The van der Waals surface area contributed by atoms with Crippen molar-refractivity contribution in [3.05, 3.63) is 17.0 Å². The maximum atomic E-state index is 12.1. The zero-order chi connectivity index (χ0) is 15.3. The van der Waals surface area contributed by atoms with Crippen molar-refractivity contribution in [1.29, 1.82) is 0 Å². The molecule has 0 aliphatic rings. The van der Waals surface area contributed by atoms with E-state index >= 15 is 0 Å². The molecule has 1 heterocycles. The minimum absolute atomic E-state index is 0.0979. The van der Waals surface area contributed by atoms with Crippen LogP contribution >= 0.6 is 0 Å². The van der Waals surface area contributed by atoms with E-state index in [2.05, 4.69) is 43.3 Å². The highest BCUT2D eigenvalue weighted by Gasteiger charge is 2.25. The summed E-state index contributed by atoms with van der Waals surface area (Å²) in [5.41, 5.74) is 1.35. The number of carbonyl (C=O) groups excluding carboxylic acids is 1. The second-order valence-corrected chi connectivity index (χ2v) is 5.68. The molecule has 0 saturated heterocycles. The molecule has 0 bridgehead atoms. The third-order valence-corrected chi connectivity index (χ3v) is 4.35. The van der Waals surface area contributed by atoms with Gasteiger partial charge in [0.1, 0.15) is 5.76 Å². The first-order valence-corrected chi connectivity index (χ1v) is 7.26. The first-order valence-electron chi connectivity index (χ1n) is 7.26. The van der Waals surface area contributed by atoms with Gasteiger partial charge in [-0.05, 0) is 40.8 Å². The van der Waals surface area contributed by atoms with Crippen LogP contribution in [0.25, 0.3) is 0 Å². The molecular weight excluding hydrogens is 254 g/mol. The molecule has 0 aliphatic carbocycles. The monoisotopic (exact) mass is 281 g/mol. The van der Waals surface area contributed by atoms with Crippen LogP contribution in [0.3, 0.4) is 0 Å². The average molecular weight is 281 g/mol. The molecule has 1 aromatic rings. The Kier molecular flexibility index (Phi) is 5.74. The van der Waals surface area contributed by atoms with Gasteiger partial charge in [-0.2, -0.15) is 0 Å². The van der Waals surface area contributed by atoms with Crippen molar-refractivity contribution >= 4 is 5.91 Å². The minimum atomic E-state index is -0.150. The number of hydrogen-bond acceptors (Lipinski definition) is 4. The van der Waals surface area contributed by atoms with E-state index in [1.165, 1.54) is 0 Å². The molecule has 1 amide bonds. The van der Waals surface area contributed by atoms with Crippen molar-refractivity contribution in [3.8, 4) is 0 Å². The molecule has 0 spiro atoms. The molecule has 1 rings (SSSR count). The summed E-state index contributed by atoms with van der Waals surface area (Å²) >= 11 is 0. The summed E-state index contributed by atoms with van der Waals surface area (Å²) in [5.74, 6) is 0.630. The van der Waals surface area contributed by atoms with Gasteiger partial charge in [-0.25, -0.2) is 0 Å². The van der Waals surface area contributed by atoms with Crippen LogP contribution in [0.15, 0.2) is 4.52 Å². The molecule has 0 aromatic carbocycles. The predicted octanol–water partition coefficient (Wildman–Crippen LogP) is 2.40. The standard InChI is InChI=1S/C15H27N3O2/c1-7-12-11(3)13(17-20-12)14(19)16-10-9-15(4,8-2)18(5)6/h7-10H2,1-6H3,(H,16,19). The second kappa shape index (κ2) is 6.88. The number of aryl methyl sites for hydroxylation is 1. The van der Waals surface area contributed by atoms with Crippen molar-refractivity contribution in [2.24, 2.45) is 0 Å². The van der Waals surface area contributed by atoms with Crippen LogP contribution in [0.5, 0.6) is 0 Å². The molecule has 0 radical (unpaired) electrons. The van der Waals surface area contributed by atoms with Gasteiger partial charge in [0.25, 0.3) is 5.91 Å². The van der Waals surface area contributed by atoms with Crippen LogP contribution in [0, 0.1) is 6.92 Å². The number of aromatic nitrogens is 1. The van der Waals surface area contributed by atoms with Gasteiger partial charge in [0.05, 0.1) is 0 Å². The summed E-state index contributed by atoms with van der Waals surface area (Å²) in [4.78, 5) is 14.3. The average Bonchev–Trinajstić information content (AvgIpc) is 2.79. The minimum Gasteiger partial charge on any atom is -0.360 e. The molecule has 5 nitrogen and oxygen atoms in total. The van der Waals surface area contributed by atoms with Crippen LogP contribution in [-0.4, -0.2) is 42.1 Å². The molecule has 1 unspecified atom stereocenters. The number of hydrogen-bond donors (Lipinski definition) is 1. The normalized spacial score (nSPS) is 14.3. The summed E-state index contributed by atoms with van der Waals surface area (Å²) in [5, 5.41) is 6.79. The van der Waals surface area contributed by atoms with E-state index in [4.69, 9.17) is 4.52 Å². The Labute approximate surface area is 121 Å². The second-order valence-electron chi connectivity index (χ2n) is 5.68. The Morgan fingerprint density at radius 3 is 2.50 bits per heavy atom. The van der Waals surface area contributed by atoms with Gasteiger partial charge in [-0.15, -0.1) is 0 Å². The fourth-order valence-electron chi connectivity index (χ4n) is 2.16. The van der Waals surface area contributed by atoms with Gasteiger partial charge < -0.3 is 14.7 Å². The fourth-order valence-corrected chi connectivity index (χ4v) is 2.16. The molecule has 1 atom stereocenters. The van der Waals surface area contributed by atoms with E-state index in [1.54, 1.807) is 0 Å². The molecule has 1 aromatic heterocycles. The lowest BCUT2D eigenvalue weighted by Gasteiger charge is -2.35. The molecule has 0 saturated carbocycles. The topological polar surface area (TPSA) is 58.4 Å². The van der Waals surface area contributed by atoms with E-state index < -0.39 is 0 Å². The lowest BCUT2D eigenvalue weighted by atomic mass is 9.93. The molecule has 114 valence electrons. The largest absolute Gasteiger partial charge is 0.360 e. The molecule has 20 heavy (non-hydrogen) atoms. The van der Waals surface area contributed by atoms with E-state index in [-0.39, 0.29) is 11.4 Å². The quantitative estimate of drug-likeness (QED) is 0.833. The maximum absolute atomic E-state index is 12.1. The fraction of sp³-hybridized carbons (Fsp3) is 0.733. The van der Waals surface area contributed by atoms with Crippen LogP contribution in [0.1, 0.15) is 55.4 Å². The lowest BCUT2D eigenvalue weighted by molar-refractivity contribution is 0.0928. The molecule has 0 aliphatic heterocycles. The Hall–Kier alpha value is -1.36. The molecular formula is C15H27N3O2. The zero-order valence-corrected chi connectivity index (χ0v) is 13.5. The number of rotatable bonds is 7. The first-order chi connectivity index (χ1) is 9.35. The van der Waals surface area contributed by atoms with Gasteiger partial charge in [0.15, 0.2) is 5.69 Å². The Bertz CT molecular complexity index is 454. The van der Waals surface area contributed by atoms with Crippen LogP contribution in [0.2, 0.25) is 0 Å². The number of nitrogens with one attached hydrogen (secondary N) is 1. The third-order valence-electron chi connectivity index (χ3n) is 4.35. The summed E-state index contributed by atoms with van der Waals surface area (Å²) in [7, 11) is 4.14. The van der Waals surface area contributed by atoms with Crippen molar-refractivity contribution in [2.45, 2.75) is 52.5 Å². The Morgan fingerprint density at radius 1 is 1.40 bits per heavy atom. The van der Waals surface area contributed by atoms with Gasteiger partial charge >= 0.3 is 0 Å². The van der Waals surface area contributed by atoms with Crippen LogP contribution in [-0.2, 0) is 6.42 Å². The first kappa shape index (κ1) is 16.7. The van der Waals surface area contributed by atoms with Gasteiger partial charge in [0, 0.05) is 24.1 Å². The lowest BCUT2D eigenvalue weighted by Crippen LogP contribution is -2.43. The van der Waals surface area contributed by atoms with Gasteiger partial charge in [-0.1, -0.05) is 19.0 Å². The predicted molar refractivity (Wildman–Crippen MR) is 80.0 cm³/mol. The zero-order valence-electron chi connectivity index (χ0n) is 13.5. The van der Waals surface area contributed by atoms with E-state index in [0.717, 1.165) is 30.6 Å². The Morgan fingerprint density at radius 2 is 2.05 bits per heavy atom. The van der Waals surface area contributed by atoms with Crippen molar-refractivity contribution in [2.75, 3.05) is 20.6 Å². The van der Waals surface area contributed by atoms with Crippen LogP contribution < -0.4 is 5.32 Å². The third kappa shape index (κ3) is 3.60. The highest BCUT2D eigenvalue weighted by Crippen LogP contribution is 2.20. The molecule has 5 heteroatoms. The maximum Gasteiger partial charge on any atom is 0.273 e. The van der Waals surface area contributed by atoms with Crippen molar-refractivity contribution in [1.82, 2.24) is 15.4 Å². The summed E-state index contributed by atoms with van der Waals surface area (Å²) in [6.45, 7) is 8.86. The van der Waals surface area contributed by atoms with Gasteiger partial charge in [-0.3, -0.25) is 4.79 Å². The van der Waals surface area contributed by atoms with E-state index in [9.17, 15) is 4.79 Å². The molecule has 1 N–H and O–H groups in total. The smallest absolute Gasteiger partial charge is 0.273 e. The summed E-state index contributed by atoms with van der Waals surface area (Å²) in [6.07, 6.45) is 2.69.